The third-order valence-corrected chi connectivity index (χ3v) is 1.51. The fraction of sp³-hybridized carbons (Fsp3) is 0.500. The Morgan fingerprint density at radius 1 is 1.71 bits per heavy atom. The highest BCUT2D eigenvalue weighted by Crippen LogP contribution is 1.91. The Morgan fingerprint density at radius 3 is 2.14 bits per heavy atom. The summed E-state index contributed by atoms with van der Waals surface area (Å²) in [7, 11) is 3.47. The minimum atomic E-state index is -0.981. The van der Waals surface area contributed by atoms with Crippen molar-refractivity contribution in [1.29, 1.82) is 0 Å². The van der Waals surface area contributed by atoms with Gasteiger partial charge in [0, 0.05) is 14.1 Å². The van der Waals surface area contributed by atoms with E-state index in [1.165, 1.54) is 5.41 Å². The molecule has 3 heteroatoms. The third kappa shape index (κ3) is 2.68. The molecule has 0 aromatic heterocycles. The first-order valence-electron chi connectivity index (χ1n) is 1.89. The zero-order chi connectivity index (χ0) is 5.86. The van der Waals surface area contributed by atoms with Gasteiger partial charge in [-0.05, 0) is 6.58 Å². The molecular formula is C4H9NOS. The molecule has 0 fully saturated rings. The summed E-state index contributed by atoms with van der Waals surface area (Å²) < 4.78 is 12.0. The van der Waals surface area contributed by atoms with Crippen LogP contribution >= 0.6 is 0 Å². The molecule has 2 nitrogen and oxygen atoms in total. The van der Waals surface area contributed by atoms with Crippen LogP contribution in [-0.2, 0) is 11.4 Å². The van der Waals surface area contributed by atoms with E-state index in [0.717, 1.165) is 0 Å². The highest BCUT2D eigenvalue weighted by Gasteiger charge is 1.99. The molecule has 0 aliphatic heterocycles. The molecule has 0 saturated carbocycles. The molecule has 0 N–H and O–H groups in total. The Morgan fingerprint density at radius 2 is 2.14 bits per heavy atom. The minimum absolute atomic E-state index is 0.981. The van der Waals surface area contributed by atoms with E-state index in [1.54, 1.807) is 18.4 Å². The van der Waals surface area contributed by atoms with Gasteiger partial charge in [-0.15, -0.1) is 4.31 Å². The summed E-state index contributed by atoms with van der Waals surface area (Å²) >= 11 is -0.981. The van der Waals surface area contributed by atoms with E-state index in [9.17, 15) is 4.55 Å². The van der Waals surface area contributed by atoms with Crippen LogP contribution in [0.5, 0.6) is 0 Å². The maximum atomic E-state index is 10.4. The van der Waals surface area contributed by atoms with E-state index in [0.29, 0.717) is 0 Å². The molecule has 0 rings (SSSR count). The van der Waals surface area contributed by atoms with Crippen molar-refractivity contribution >= 4 is 11.4 Å². The maximum Gasteiger partial charge on any atom is 0.131 e. The van der Waals surface area contributed by atoms with Crippen LogP contribution in [0.3, 0.4) is 0 Å². The summed E-state index contributed by atoms with van der Waals surface area (Å²) in [5, 5.41) is 1.39. The maximum absolute atomic E-state index is 10.4. The second-order valence-corrected chi connectivity index (χ2v) is 2.87. The Kier molecular flexibility index (Phi) is 3.07. The van der Waals surface area contributed by atoms with Crippen LogP contribution in [0.1, 0.15) is 0 Å². The van der Waals surface area contributed by atoms with Gasteiger partial charge in [-0.2, -0.15) is 0 Å². The molecule has 0 amide bonds. The van der Waals surface area contributed by atoms with E-state index in [4.69, 9.17) is 0 Å². The summed E-state index contributed by atoms with van der Waals surface area (Å²) in [4.78, 5) is 0. The number of hydrogen-bond donors (Lipinski definition) is 0. The van der Waals surface area contributed by atoms with Gasteiger partial charge in [0.25, 0.3) is 0 Å². The molecule has 0 bridgehead atoms. The first-order chi connectivity index (χ1) is 3.18. The number of hydrogen-bond acceptors (Lipinski definition) is 2. The quantitative estimate of drug-likeness (QED) is 0.490. The lowest BCUT2D eigenvalue weighted by Crippen LogP contribution is -2.18. The smallest absolute Gasteiger partial charge is 0.131 e. The Hall–Kier alpha value is 0.01000. The van der Waals surface area contributed by atoms with E-state index < -0.39 is 11.4 Å². The van der Waals surface area contributed by atoms with E-state index in [2.05, 4.69) is 6.58 Å². The minimum Gasteiger partial charge on any atom is -0.593 e. The molecule has 0 aliphatic rings. The van der Waals surface area contributed by atoms with Crippen molar-refractivity contribution in [2.24, 2.45) is 0 Å². The van der Waals surface area contributed by atoms with Crippen molar-refractivity contribution in [3.05, 3.63) is 12.0 Å². The number of rotatable bonds is 2. The Balaban J connectivity index is 3.33. The lowest BCUT2D eigenvalue weighted by atomic mass is 11.3. The Labute approximate surface area is 47.1 Å². The van der Waals surface area contributed by atoms with Gasteiger partial charge in [0.15, 0.2) is 0 Å². The van der Waals surface area contributed by atoms with Crippen LogP contribution in [0.15, 0.2) is 12.0 Å². The van der Waals surface area contributed by atoms with Crippen LogP contribution in [0.25, 0.3) is 0 Å². The molecule has 0 aromatic carbocycles. The van der Waals surface area contributed by atoms with Crippen molar-refractivity contribution < 1.29 is 4.55 Å². The monoisotopic (exact) mass is 119 g/mol. The largest absolute Gasteiger partial charge is 0.593 e. The summed E-state index contributed by atoms with van der Waals surface area (Å²) in [5.74, 6) is 0. The van der Waals surface area contributed by atoms with Gasteiger partial charge in [0.05, 0.1) is 11.4 Å². The molecule has 1 unspecified atom stereocenters. The zero-order valence-corrected chi connectivity index (χ0v) is 5.36. The van der Waals surface area contributed by atoms with Crippen LogP contribution in [0.2, 0.25) is 0 Å². The summed E-state index contributed by atoms with van der Waals surface area (Å²) in [6, 6.07) is 0. The van der Waals surface area contributed by atoms with Gasteiger partial charge in [-0.3, -0.25) is 0 Å². The molecule has 0 heterocycles. The molecule has 0 saturated heterocycles. The van der Waals surface area contributed by atoms with Gasteiger partial charge in [0.2, 0.25) is 0 Å². The van der Waals surface area contributed by atoms with Gasteiger partial charge in [-0.25, -0.2) is 0 Å². The summed E-state index contributed by atoms with van der Waals surface area (Å²) in [5.41, 5.74) is 0. The topological polar surface area (TPSA) is 26.3 Å². The molecule has 0 aromatic rings. The fourth-order valence-electron chi connectivity index (χ4n) is 0.149. The summed E-state index contributed by atoms with van der Waals surface area (Å²) in [6.07, 6.45) is 0. The average Bonchev–Trinajstić information content (AvgIpc) is 1.65. The van der Waals surface area contributed by atoms with Crippen LogP contribution in [0.4, 0.5) is 0 Å². The predicted molar refractivity (Wildman–Crippen MR) is 32.0 cm³/mol. The van der Waals surface area contributed by atoms with Gasteiger partial charge < -0.3 is 4.55 Å². The van der Waals surface area contributed by atoms with Crippen LogP contribution < -0.4 is 0 Å². The fourth-order valence-corrected chi connectivity index (χ4v) is 0.447. The van der Waals surface area contributed by atoms with E-state index in [1.807, 2.05) is 0 Å². The summed E-state index contributed by atoms with van der Waals surface area (Å²) in [6.45, 7) is 3.34. The highest BCUT2D eigenvalue weighted by atomic mass is 32.2. The predicted octanol–water partition coefficient (Wildman–Crippen LogP) is 0.355. The van der Waals surface area contributed by atoms with Crippen molar-refractivity contribution in [2.75, 3.05) is 14.1 Å². The van der Waals surface area contributed by atoms with Crippen molar-refractivity contribution in [1.82, 2.24) is 4.31 Å². The van der Waals surface area contributed by atoms with Crippen molar-refractivity contribution in [3.63, 3.8) is 0 Å². The first-order valence-corrected chi connectivity index (χ1v) is 3.06. The zero-order valence-electron chi connectivity index (χ0n) is 4.55. The lowest BCUT2D eigenvalue weighted by Gasteiger charge is -2.09. The van der Waals surface area contributed by atoms with E-state index >= 15 is 0 Å². The Bertz CT molecular complexity index is 64.7. The molecule has 0 spiro atoms. The van der Waals surface area contributed by atoms with E-state index in [-0.39, 0.29) is 0 Å². The first kappa shape index (κ1) is 7.01. The SMILES string of the molecule is C=C[S+]([O-])N(C)C. The molecule has 0 aliphatic carbocycles. The highest BCUT2D eigenvalue weighted by molar-refractivity contribution is 7.91. The second kappa shape index (κ2) is 3.07. The molecular weight excluding hydrogens is 110 g/mol. The normalized spacial score (nSPS) is 14.3. The molecule has 1 atom stereocenters. The average molecular weight is 119 g/mol. The van der Waals surface area contributed by atoms with Gasteiger partial charge >= 0.3 is 0 Å². The van der Waals surface area contributed by atoms with Crippen LogP contribution in [0, 0.1) is 0 Å². The third-order valence-electron chi connectivity index (χ3n) is 0.502. The van der Waals surface area contributed by atoms with Crippen LogP contribution in [-0.4, -0.2) is 23.0 Å². The van der Waals surface area contributed by atoms with Crippen molar-refractivity contribution in [2.45, 2.75) is 0 Å². The molecule has 0 radical (unpaired) electrons. The lowest BCUT2D eigenvalue weighted by molar-refractivity contribution is 0.530. The van der Waals surface area contributed by atoms with Gasteiger partial charge in [0.1, 0.15) is 5.41 Å². The molecule has 42 valence electrons. The standard InChI is InChI=1S/C4H9NOS/c1-4-7(6)5(2)3/h4H,1H2,2-3H3. The van der Waals surface area contributed by atoms with Crippen molar-refractivity contribution in [3.8, 4) is 0 Å². The van der Waals surface area contributed by atoms with Gasteiger partial charge in [-0.1, -0.05) is 0 Å². The second-order valence-electron chi connectivity index (χ2n) is 1.26. The number of nitrogens with zero attached hydrogens (tertiary/aromatic N) is 1. The molecule has 7 heavy (non-hydrogen) atoms.